The summed E-state index contributed by atoms with van der Waals surface area (Å²) < 4.78 is 11.1. The average molecular weight is 380 g/mol. The van der Waals surface area contributed by atoms with Crippen molar-refractivity contribution in [3.05, 3.63) is 47.7 Å². The Morgan fingerprint density at radius 1 is 1.04 bits per heavy atom. The fraction of sp³-hybridized carbons (Fsp3) is 0.542. The highest BCUT2D eigenvalue weighted by Crippen LogP contribution is 2.55. The minimum Gasteiger partial charge on any atom is -0.462 e. The number of hydrogen-bond acceptors (Lipinski definition) is 4. The average Bonchev–Trinajstić information content (AvgIpc) is 3.15. The molecule has 4 saturated carbocycles. The van der Waals surface area contributed by atoms with Gasteiger partial charge in [0, 0.05) is 11.1 Å². The van der Waals surface area contributed by atoms with Crippen molar-refractivity contribution in [2.24, 2.45) is 17.8 Å². The SMILES string of the molecule is CCOC(=O)c1ccc(-c2ccc(CNC34CC5CC(CC(C5)C3)C4)o2)cc1. The van der Waals surface area contributed by atoms with Gasteiger partial charge in [0.15, 0.2) is 0 Å². The Kier molecular flexibility index (Phi) is 4.54. The van der Waals surface area contributed by atoms with E-state index in [-0.39, 0.29) is 5.97 Å². The Balaban J connectivity index is 1.24. The summed E-state index contributed by atoms with van der Waals surface area (Å²) in [6, 6.07) is 11.5. The maximum absolute atomic E-state index is 11.8. The first-order valence-corrected chi connectivity index (χ1v) is 10.7. The number of carbonyl (C=O) groups excluding carboxylic acids is 1. The molecule has 4 aliphatic rings. The van der Waals surface area contributed by atoms with Crippen molar-refractivity contribution < 1.29 is 13.9 Å². The molecule has 4 heteroatoms. The molecule has 6 rings (SSSR count). The number of esters is 1. The van der Waals surface area contributed by atoms with Crippen LogP contribution in [-0.4, -0.2) is 18.1 Å². The molecule has 0 amide bonds. The molecule has 4 aliphatic carbocycles. The molecule has 28 heavy (non-hydrogen) atoms. The maximum Gasteiger partial charge on any atom is 0.338 e. The van der Waals surface area contributed by atoms with Crippen molar-refractivity contribution in [1.29, 1.82) is 0 Å². The van der Waals surface area contributed by atoms with E-state index in [0.717, 1.165) is 41.4 Å². The van der Waals surface area contributed by atoms with Crippen LogP contribution < -0.4 is 5.32 Å². The summed E-state index contributed by atoms with van der Waals surface area (Å²) in [7, 11) is 0. The third-order valence-corrected chi connectivity index (χ3v) is 7.02. The summed E-state index contributed by atoms with van der Waals surface area (Å²) in [5.74, 6) is 4.39. The summed E-state index contributed by atoms with van der Waals surface area (Å²) >= 11 is 0. The summed E-state index contributed by atoms with van der Waals surface area (Å²) in [6.07, 6.45) is 8.44. The van der Waals surface area contributed by atoms with Gasteiger partial charge in [-0.1, -0.05) is 12.1 Å². The van der Waals surface area contributed by atoms with Crippen LogP contribution in [0.1, 0.15) is 61.6 Å². The molecule has 0 saturated heterocycles. The van der Waals surface area contributed by atoms with Gasteiger partial charge in [0.1, 0.15) is 11.5 Å². The van der Waals surface area contributed by atoms with Crippen LogP contribution in [0.15, 0.2) is 40.8 Å². The fourth-order valence-corrected chi connectivity index (χ4v) is 6.21. The van der Waals surface area contributed by atoms with Crippen LogP contribution in [0.5, 0.6) is 0 Å². The zero-order chi connectivity index (χ0) is 19.1. The number of nitrogens with one attached hydrogen (secondary N) is 1. The van der Waals surface area contributed by atoms with E-state index in [1.54, 1.807) is 12.1 Å². The molecule has 4 fully saturated rings. The van der Waals surface area contributed by atoms with Crippen molar-refractivity contribution in [2.75, 3.05) is 6.61 Å². The molecule has 1 heterocycles. The molecule has 0 atom stereocenters. The fourth-order valence-electron chi connectivity index (χ4n) is 6.21. The van der Waals surface area contributed by atoms with Gasteiger partial charge in [0.25, 0.3) is 0 Å². The van der Waals surface area contributed by atoms with Crippen molar-refractivity contribution in [1.82, 2.24) is 5.32 Å². The number of furan rings is 1. The van der Waals surface area contributed by atoms with Gasteiger partial charge in [0.2, 0.25) is 0 Å². The van der Waals surface area contributed by atoms with Crippen LogP contribution >= 0.6 is 0 Å². The number of rotatable bonds is 6. The van der Waals surface area contributed by atoms with Crippen LogP contribution in [-0.2, 0) is 11.3 Å². The van der Waals surface area contributed by atoms with E-state index in [2.05, 4.69) is 11.4 Å². The lowest BCUT2D eigenvalue weighted by atomic mass is 9.53. The summed E-state index contributed by atoms with van der Waals surface area (Å²) in [4.78, 5) is 11.8. The Hall–Kier alpha value is -2.07. The standard InChI is InChI=1S/C24H29NO3/c1-2-27-23(26)20-5-3-19(4-6-20)22-8-7-21(28-22)15-25-24-12-16-9-17(13-24)11-18(10-16)14-24/h3-8,16-18,25H,2,9-15H2,1H3. The van der Waals surface area contributed by atoms with Gasteiger partial charge in [-0.15, -0.1) is 0 Å². The van der Waals surface area contributed by atoms with Crippen molar-refractivity contribution in [2.45, 2.75) is 57.5 Å². The first-order chi connectivity index (χ1) is 13.6. The molecule has 1 aromatic carbocycles. The van der Waals surface area contributed by atoms with E-state index in [1.165, 1.54) is 38.5 Å². The van der Waals surface area contributed by atoms with Gasteiger partial charge < -0.3 is 14.5 Å². The summed E-state index contributed by atoms with van der Waals surface area (Å²) in [5, 5.41) is 3.89. The van der Waals surface area contributed by atoms with E-state index in [9.17, 15) is 4.79 Å². The van der Waals surface area contributed by atoms with Crippen molar-refractivity contribution in [3.8, 4) is 11.3 Å². The lowest BCUT2D eigenvalue weighted by Gasteiger charge is -2.57. The third kappa shape index (κ3) is 3.39. The molecular weight excluding hydrogens is 350 g/mol. The molecule has 4 nitrogen and oxygen atoms in total. The van der Waals surface area contributed by atoms with Gasteiger partial charge in [0.05, 0.1) is 18.7 Å². The normalized spacial score (nSPS) is 30.5. The number of ether oxygens (including phenoxy) is 1. The predicted octanol–water partition coefficient (Wildman–Crippen LogP) is 5.18. The molecule has 1 aromatic heterocycles. The maximum atomic E-state index is 11.8. The molecule has 148 valence electrons. The first kappa shape index (κ1) is 18.0. The summed E-state index contributed by atoms with van der Waals surface area (Å²) in [6.45, 7) is 3.00. The van der Waals surface area contributed by atoms with E-state index < -0.39 is 0 Å². The van der Waals surface area contributed by atoms with Crippen LogP contribution in [0, 0.1) is 17.8 Å². The second-order valence-corrected chi connectivity index (χ2v) is 9.12. The number of carbonyl (C=O) groups is 1. The van der Waals surface area contributed by atoms with Gasteiger partial charge >= 0.3 is 5.97 Å². The minimum atomic E-state index is -0.283. The Bertz CT molecular complexity index is 816. The topological polar surface area (TPSA) is 51.5 Å². The lowest BCUT2D eigenvalue weighted by Crippen LogP contribution is -2.58. The van der Waals surface area contributed by atoms with E-state index in [1.807, 2.05) is 25.1 Å². The highest BCUT2D eigenvalue weighted by atomic mass is 16.5. The van der Waals surface area contributed by atoms with E-state index in [0.29, 0.717) is 17.7 Å². The first-order valence-electron chi connectivity index (χ1n) is 10.7. The zero-order valence-corrected chi connectivity index (χ0v) is 16.6. The Morgan fingerprint density at radius 2 is 1.68 bits per heavy atom. The quantitative estimate of drug-likeness (QED) is 0.703. The zero-order valence-electron chi connectivity index (χ0n) is 16.6. The minimum absolute atomic E-state index is 0.283. The van der Waals surface area contributed by atoms with Crippen molar-refractivity contribution in [3.63, 3.8) is 0 Å². The van der Waals surface area contributed by atoms with E-state index in [4.69, 9.17) is 9.15 Å². The molecule has 4 bridgehead atoms. The van der Waals surface area contributed by atoms with Crippen LogP contribution in [0.3, 0.4) is 0 Å². The van der Waals surface area contributed by atoms with Gasteiger partial charge in [-0.25, -0.2) is 4.79 Å². The molecule has 1 N–H and O–H groups in total. The van der Waals surface area contributed by atoms with Gasteiger partial charge in [-0.05, 0) is 87.5 Å². The van der Waals surface area contributed by atoms with Crippen LogP contribution in [0.4, 0.5) is 0 Å². The van der Waals surface area contributed by atoms with E-state index >= 15 is 0 Å². The second-order valence-electron chi connectivity index (χ2n) is 9.12. The number of hydrogen-bond donors (Lipinski definition) is 1. The monoisotopic (exact) mass is 379 g/mol. The highest BCUT2D eigenvalue weighted by Gasteiger charge is 2.50. The molecule has 2 aromatic rings. The number of benzene rings is 1. The lowest BCUT2D eigenvalue weighted by molar-refractivity contribution is -0.0213. The highest BCUT2D eigenvalue weighted by molar-refractivity contribution is 5.89. The molecule has 0 radical (unpaired) electrons. The smallest absolute Gasteiger partial charge is 0.338 e. The van der Waals surface area contributed by atoms with Gasteiger partial charge in [-0.3, -0.25) is 0 Å². The van der Waals surface area contributed by atoms with Crippen LogP contribution in [0.25, 0.3) is 11.3 Å². The molecule has 0 aliphatic heterocycles. The predicted molar refractivity (Wildman–Crippen MR) is 108 cm³/mol. The van der Waals surface area contributed by atoms with Gasteiger partial charge in [-0.2, -0.15) is 0 Å². The summed E-state index contributed by atoms with van der Waals surface area (Å²) in [5.41, 5.74) is 1.90. The molecule has 0 unspecified atom stereocenters. The second kappa shape index (κ2) is 7.07. The van der Waals surface area contributed by atoms with Crippen molar-refractivity contribution >= 4 is 5.97 Å². The Labute approximate surface area is 166 Å². The van der Waals surface area contributed by atoms with Crippen LogP contribution in [0.2, 0.25) is 0 Å². The Morgan fingerprint density at radius 3 is 2.29 bits per heavy atom. The molecule has 0 spiro atoms. The third-order valence-electron chi connectivity index (χ3n) is 7.02. The molecular formula is C24H29NO3. The largest absolute Gasteiger partial charge is 0.462 e.